The molecule has 122 valence electrons. The highest BCUT2D eigenvalue weighted by atomic mass is 32.1. The van der Waals surface area contributed by atoms with E-state index in [1.807, 2.05) is 0 Å². The van der Waals surface area contributed by atoms with E-state index in [4.69, 9.17) is 5.11 Å². The van der Waals surface area contributed by atoms with Crippen molar-refractivity contribution in [2.75, 3.05) is 0 Å². The fourth-order valence-corrected chi connectivity index (χ4v) is 2.88. The van der Waals surface area contributed by atoms with Crippen LogP contribution in [0.2, 0.25) is 0 Å². The van der Waals surface area contributed by atoms with Crippen molar-refractivity contribution in [3.05, 3.63) is 0 Å². The van der Waals surface area contributed by atoms with Crippen molar-refractivity contribution in [1.29, 1.82) is 0 Å². The number of hydrogen-bond acceptors (Lipinski definition) is 2. The van der Waals surface area contributed by atoms with Gasteiger partial charge >= 0.3 is 0 Å². The summed E-state index contributed by atoms with van der Waals surface area (Å²) in [6.07, 6.45) is 21.7. The second-order valence-corrected chi connectivity index (χ2v) is 6.82. The number of rotatable bonds is 16. The van der Waals surface area contributed by atoms with Crippen LogP contribution in [-0.2, 0) is 0 Å². The molecule has 0 bridgehead atoms. The van der Waals surface area contributed by atoms with Gasteiger partial charge in [-0.1, -0.05) is 103 Å². The Bertz CT molecular complexity index is 171. The number of aliphatic hydroxyl groups is 1. The molecule has 0 aromatic rings. The summed E-state index contributed by atoms with van der Waals surface area (Å²) in [5, 5.41) is 9.02. The third-order valence-corrected chi connectivity index (χ3v) is 4.32. The summed E-state index contributed by atoms with van der Waals surface area (Å²) in [6.45, 7) is 2.28. The van der Waals surface area contributed by atoms with E-state index in [9.17, 15) is 0 Å². The molecule has 0 saturated carbocycles. The summed E-state index contributed by atoms with van der Waals surface area (Å²) >= 11 is 3.98. The van der Waals surface area contributed by atoms with Crippen LogP contribution in [0.15, 0.2) is 0 Å². The fourth-order valence-electron chi connectivity index (χ4n) is 2.70. The van der Waals surface area contributed by atoms with E-state index in [-0.39, 0.29) is 0 Å². The molecule has 1 N–H and O–H groups in total. The van der Waals surface area contributed by atoms with E-state index in [2.05, 4.69) is 19.6 Å². The molecule has 0 aromatic carbocycles. The maximum Gasteiger partial charge on any atom is 0.0964 e. The Labute approximate surface area is 133 Å². The first kappa shape index (κ1) is 20.3. The van der Waals surface area contributed by atoms with Gasteiger partial charge < -0.3 is 5.11 Å². The molecule has 0 saturated heterocycles. The molecule has 0 heterocycles. The molecule has 0 radical (unpaired) electrons. The van der Waals surface area contributed by atoms with Crippen molar-refractivity contribution in [2.24, 2.45) is 0 Å². The highest BCUT2D eigenvalue weighted by Crippen LogP contribution is 2.14. The van der Waals surface area contributed by atoms with Crippen LogP contribution < -0.4 is 0 Å². The average Bonchev–Trinajstić information content (AvgIpc) is 2.43. The van der Waals surface area contributed by atoms with E-state index in [0.29, 0.717) is 0 Å². The summed E-state index contributed by atoms with van der Waals surface area (Å²) in [4.78, 5) is 0. The van der Waals surface area contributed by atoms with Gasteiger partial charge in [-0.25, -0.2) is 0 Å². The number of unbranched alkanes of at least 4 members (excludes halogenated alkanes) is 14. The van der Waals surface area contributed by atoms with Gasteiger partial charge in [0.05, 0.1) is 5.44 Å². The lowest BCUT2D eigenvalue weighted by Crippen LogP contribution is -1.94. The van der Waals surface area contributed by atoms with E-state index in [1.54, 1.807) is 0 Å². The van der Waals surface area contributed by atoms with Crippen molar-refractivity contribution in [3.63, 3.8) is 0 Å². The molecule has 0 amide bonds. The predicted octanol–water partition coefficient (Wildman–Crippen LogP) is 6.50. The standard InChI is InChI=1S/C18H38OS/c1-2-3-4-5-6-7-8-9-10-11-12-13-14-15-16-17-18(19)20/h18-20H,2-17H2,1H3. The van der Waals surface area contributed by atoms with Crippen LogP contribution in [0, 0.1) is 0 Å². The van der Waals surface area contributed by atoms with Gasteiger partial charge in [0.2, 0.25) is 0 Å². The van der Waals surface area contributed by atoms with Crippen LogP contribution in [0.3, 0.4) is 0 Å². The molecule has 0 aliphatic carbocycles. The maximum atomic E-state index is 9.02. The van der Waals surface area contributed by atoms with E-state index in [0.717, 1.165) is 12.8 Å². The lowest BCUT2D eigenvalue weighted by atomic mass is 10.0. The number of aliphatic hydroxyl groups excluding tert-OH is 1. The van der Waals surface area contributed by atoms with Gasteiger partial charge in [-0.05, 0) is 6.42 Å². The second kappa shape index (κ2) is 17.4. The quantitative estimate of drug-likeness (QED) is 0.189. The van der Waals surface area contributed by atoms with Crippen molar-refractivity contribution >= 4 is 12.6 Å². The maximum absolute atomic E-state index is 9.02. The lowest BCUT2D eigenvalue weighted by Gasteiger charge is -2.04. The largest absolute Gasteiger partial charge is 0.383 e. The Morgan fingerprint density at radius 3 is 1.20 bits per heavy atom. The van der Waals surface area contributed by atoms with Crippen LogP contribution in [0.1, 0.15) is 110 Å². The topological polar surface area (TPSA) is 20.2 Å². The molecular formula is C18H38OS. The normalized spacial score (nSPS) is 12.8. The fraction of sp³-hybridized carbons (Fsp3) is 1.00. The third kappa shape index (κ3) is 18.3. The number of hydrogen-bond donors (Lipinski definition) is 2. The molecule has 1 unspecified atom stereocenters. The molecule has 1 nitrogen and oxygen atoms in total. The first-order valence-electron chi connectivity index (χ1n) is 9.13. The smallest absolute Gasteiger partial charge is 0.0964 e. The molecular weight excluding hydrogens is 264 g/mol. The highest BCUT2D eigenvalue weighted by molar-refractivity contribution is 7.80. The molecule has 0 rings (SSSR count). The predicted molar refractivity (Wildman–Crippen MR) is 94.5 cm³/mol. The van der Waals surface area contributed by atoms with Gasteiger partial charge in [-0.15, -0.1) is 12.6 Å². The van der Waals surface area contributed by atoms with Gasteiger partial charge in [-0.2, -0.15) is 0 Å². The summed E-state index contributed by atoms with van der Waals surface area (Å²) in [5.74, 6) is 0. The minimum Gasteiger partial charge on any atom is -0.383 e. The van der Waals surface area contributed by atoms with Crippen LogP contribution >= 0.6 is 12.6 Å². The Kier molecular flexibility index (Phi) is 17.6. The van der Waals surface area contributed by atoms with Crippen LogP contribution in [0.4, 0.5) is 0 Å². The van der Waals surface area contributed by atoms with E-state index >= 15 is 0 Å². The first-order chi connectivity index (χ1) is 9.77. The molecule has 2 heteroatoms. The summed E-state index contributed by atoms with van der Waals surface area (Å²) in [5.41, 5.74) is -0.406. The Balaban J connectivity index is 2.92. The molecule has 0 aromatic heterocycles. The minimum absolute atomic E-state index is 0.406. The van der Waals surface area contributed by atoms with Gasteiger partial charge in [0.1, 0.15) is 0 Å². The van der Waals surface area contributed by atoms with Gasteiger partial charge in [0.25, 0.3) is 0 Å². The summed E-state index contributed by atoms with van der Waals surface area (Å²) < 4.78 is 0. The average molecular weight is 303 g/mol. The molecule has 0 aliphatic rings. The molecule has 0 spiro atoms. The van der Waals surface area contributed by atoms with Gasteiger partial charge in [0.15, 0.2) is 0 Å². The minimum atomic E-state index is -0.406. The monoisotopic (exact) mass is 302 g/mol. The first-order valence-corrected chi connectivity index (χ1v) is 9.65. The molecule has 1 atom stereocenters. The zero-order chi connectivity index (χ0) is 14.9. The lowest BCUT2D eigenvalue weighted by molar-refractivity contribution is 0.249. The van der Waals surface area contributed by atoms with E-state index in [1.165, 1.54) is 89.9 Å². The highest BCUT2D eigenvalue weighted by Gasteiger charge is 1.96. The molecule has 0 aliphatic heterocycles. The molecule has 0 fully saturated rings. The third-order valence-electron chi connectivity index (χ3n) is 4.07. The Hall–Kier alpha value is 0.310. The summed E-state index contributed by atoms with van der Waals surface area (Å²) in [6, 6.07) is 0. The summed E-state index contributed by atoms with van der Waals surface area (Å²) in [7, 11) is 0. The van der Waals surface area contributed by atoms with Crippen molar-refractivity contribution in [3.8, 4) is 0 Å². The van der Waals surface area contributed by atoms with Gasteiger partial charge in [0, 0.05) is 0 Å². The van der Waals surface area contributed by atoms with Gasteiger partial charge in [-0.3, -0.25) is 0 Å². The zero-order valence-electron chi connectivity index (χ0n) is 13.8. The Morgan fingerprint density at radius 2 is 0.900 bits per heavy atom. The Morgan fingerprint density at radius 1 is 0.600 bits per heavy atom. The van der Waals surface area contributed by atoms with Crippen LogP contribution in [-0.4, -0.2) is 10.5 Å². The SMILES string of the molecule is CCCCCCCCCCCCCCCCCC(O)S. The van der Waals surface area contributed by atoms with Crippen molar-refractivity contribution in [2.45, 2.75) is 115 Å². The van der Waals surface area contributed by atoms with Crippen LogP contribution in [0.5, 0.6) is 0 Å². The van der Waals surface area contributed by atoms with Crippen molar-refractivity contribution < 1.29 is 5.11 Å². The number of thiol groups is 1. The van der Waals surface area contributed by atoms with Crippen molar-refractivity contribution in [1.82, 2.24) is 0 Å². The second-order valence-electron chi connectivity index (χ2n) is 6.22. The van der Waals surface area contributed by atoms with Crippen LogP contribution in [0.25, 0.3) is 0 Å². The van der Waals surface area contributed by atoms with E-state index < -0.39 is 5.44 Å². The molecule has 20 heavy (non-hydrogen) atoms. The zero-order valence-corrected chi connectivity index (χ0v) is 14.7.